The van der Waals surface area contributed by atoms with Crippen LogP contribution in [-0.2, 0) is 4.74 Å². The molecule has 0 radical (unpaired) electrons. The van der Waals surface area contributed by atoms with E-state index in [1.807, 2.05) is 0 Å². The lowest BCUT2D eigenvalue weighted by Gasteiger charge is -2.29. The van der Waals surface area contributed by atoms with Gasteiger partial charge in [0.2, 0.25) is 0 Å². The van der Waals surface area contributed by atoms with Gasteiger partial charge in [-0.15, -0.1) is 13.2 Å². The van der Waals surface area contributed by atoms with Gasteiger partial charge in [-0.05, 0) is 5.56 Å². The summed E-state index contributed by atoms with van der Waals surface area (Å²) in [5, 5.41) is 0. The Bertz CT molecular complexity index is 439. The molecule has 0 aliphatic rings. The highest BCUT2D eigenvalue weighted by Crippen LogP contribution is 2.36. The molecule has 1 rings (SSSR count). The Morgan fingerprint density at radius 2 is 1.53 bits per heavy atom. The maximum Gasteiger partial charge on any atom is 0.526 e. The lowest BCUT2D eigenvalue weighted by atomic mass is 10.2. The predicted molar refractivity (Wildman–Crippen MR) is 65.0 cm³/mol. The Hall–Kier alpha value is -1.21. The minimum atomic E-state index is -5.35. The molecule has 0 aliphatic carbocycles. The molecule has 7 heteroatoms. The van der Waals surface area contributed by atoms with Crippen molar-refractivity contribution in [3.05, 3.63) is 41.6 Å². The molecule has 0 aliphatic heterocycles. The highest BCUT2D eigenvalue weighted by atomic mass is 28.3. The molecule has 0 bridgehead atoms. The van der Waals surface area contributed by atoms with Crippen LogP contribution in [0, 0.1) is 0 Å². The summed E-state index contributed by atoms with van der Waals surface area (Å²) in [4.78, 5) is 0. The van der Waals surface area contributed by atoms with Gasteiger partial charge >= 0.3 is 12.1 Å². The van der Waals surface area contributed by atoms with Gasteiger partial charge in [0, 0.05) is 0 Å². The topological polar surface area (TPSA) is 9.23 Å². The number of alkyl halides is 5. The van der Waals surface area contributed by atoms with Crippen molar-refractivity contribution in [1.82, 2.24) is 0 Å². The molecule has 0 heterocycles. The van der Waals surface area contributed by atoms with Gasteiger partial charge < -0.3 is 0 Å². The molecule has 1 nitrogen and oxygen atoms in total. The zero-order valence-electron chi connectivity index (χ0n) is 10.3. The van der Waals surface area contributed by atoms with E-state index in [2.05, 4.69) is 4.74 Å². The minimum absolute atomic E-state index is 0.644. The van der Waals surface area contributed by atoms with Crippen molar-refractivity contribution in [2.45, 2.75) is 25.2 Å². The van der Waals surface area contributed by atoms with Crippen LogP contribution in [-0.4, -0.2) is 20.2 Å². The van der Waals surface area contributed by atoms with E-state index < -0.39 is 20.2 Å². The van der Waals surface area contributed by atoms with Crippen LogP contribution in [0.15, 0.2) is 36.0 Å². The highest BCUT2D eigenvalue weighted by molar-refractivity contribution is 6.84. The van der Waals surface area contributed by atoms with Gasteiger partial charge in [0.25, 0.3) is 0 Å². The zero-order valence-corrected chi connectivity index (χ0v) is 11.3. The van der Waals surface area contributed by atoms with Crippen LogP contribution in [0.25, 0.3) is 6.08 Å². The Labute approximate surface area is 108 Å². The van der Waals surface area contributed by atoms with Crippen molar-refractivity contribution in [1.29, 1.82) is 0 Å². The average molecular weight is 296 g/mol. The van der Waals surface area contributed by atoms with Crippen molar-refractivity contribution in [2.75, 3.05) is 0 Å². The second-order valence-corrected chi connectivity index (χ2v) is 8.89. The summed E-state index contributed by atoms with van der Waals surface area (Å²) in [6, 6.07) is 8.51. The number of ether oxygens (including phenoxy) is 1. The first-order chi connectivity index (χ1) is 8.54. The summed E-state index contributed by atoms with van der Waals surface area (Å²) < 4.78 is 65.7. The van der Waals surface area contributed by atoms with Crippen LogP contribution in [0.5, 0.6) is 0 Å². The summed E-state index contributed by atoms with van der Waals surface area (Å²) in [6.07, 6.45) is -3.96. The van der Waals surface area contributed by atoms with E-state index in [4.69, 9.17) is 0 Å². The summed E-state index contributed by atoms with van der Waals surface area (Å²) in [6.45, 7) is 2.22. The average Bonchev–Trinajstić information content (AvgIpc) is 2.24. The van der Waals surface area contributed by atoms with E-state index in [-0.39, 0.29) is 0 Å². The van der Waals surface area contributed by atoms with Crippen LogP contribution >= 0.6 is 0 Å². The minimum Gasteiger partial charge on any atom is -0.230 e. The number of hydrogen-bond acceptors (Lipinski definition) is 1. The fraction of sp³-hybridized carbons (Fsp3) is 0.333. The molecular formula is C12H13F5OSi. The van der Waals surface area contributed by atoms with Crippen molar-refractivity contribution in [3.8, 4) is 0 Å². The monoisotopic (exact) mass is 296 g/mol. The molecule has 0 saturated heterocycles. The standard InChI is InChI=1S/C12H13F5OSi/c1-19(2,12(16,17)18-11(13,14)15)9-8-10-6-4-3-5-7-10/h3-9H,1-2H3. The lowest BCUT2D eigenvalue weighted by Crippen LogP contribution is -2.51. The maximum atomic E-state index is 13.5. The molecule has 106 valence electrons. The first-order valence-electron chi connectivity index (χ1n) is 5.42. The molecule has 0 spiro atoms. The predicted octanol–water partition coefficient (Wildman–Crippen LogP) is 4.62. The van der Waals surface area contributed by atoms with Gasteiger partial charge in [0.05, 0.1) is 0 Å². The summed E-state index contributed by atoms with van der Waals surface area (Å²) in [5.74, 6) is 0. The van der Waals surface area contributed by atoms with Gasteiger partial charge in [-0.25, -0.2) is 4.74 Å². The highest BCUT2D eigenvalue weighted by Gasteiger charge is 2.55. The fourth-order valence-electron chi connectivity index (χ4n) is 1.24. The normalized spacial score (nSPS) is 14.1. The second-order valence-electron chi connectivity index (χ2n) is 4.53. The number of benzene rings is 1. The van der Waals surface area contributed by atoms with Gasteiger partial charge in [-0.1, -0.05) is 55.2 Å². The van der Waals surface area contributed by atoms with Gasteiger partial charge in [0.1, 0.15) is 0 Å². The van der Waals surface area contributed by atoms with Crippen LogP contribution < -0.4 is 0 Å². The molecule has 1 aromatic rings. The van der Waals surface area contributed by atoms with Crippen molar-refractivity contribution in [3.63, 3.8) is 0 Å². The Kier molecular flexibility index (Phi) is 4.52. The van der Waals surface area contributed by atoms with E-state index in [1.165, 1.54) is 6.08 Å². The third-order valence-corrected chi connectivity index (χ3v) is 5.09. The van der Waals surface area contributed by atoms with E-state index in [1.54, 1.807) is 30.3 Å². The maximum absolute atomic E-state index is 13.5. The van der Waals surface area contributed by atoms with Crippen molar-refractivity contribution < 1.29 is 26.7 Å². The number of hydrogen-bond donors (Lipinski definition) is 0. The molecule has 0 aromatic heterocycles. The summed E-state index contributed by atoms with van der Waals surface area (Å²) >= 11 is 0. The Morgan fingerprint density at radius 3 is 2.00 bits per heavy atom. The van der Waals surface area contributed by atoms with Crippen LogP contribution in [0.4, 0.5) is 22.0 Å². The van der Waals surface area contributed by atoms with Crippen molar-refractivity contribution in [2.24, 2.45) is 0 Å². The van der Waals surface area contributed by atoms with E-state index >= 15 is 0 Å². The lowest BCUT2D eigenvalue weighted by molar-refractivity contribution is -0.401. The van der Waals surface area contributed by atoms with Crippen molar-refractivity contribution >= 4 is 14.1 Å². The second kappa shape index (κ2) is 5.42. The molecule has 1 aromatic carbocycles. The molecule has 0 unspecified atom stereocenters. The first-order valence-corrected chi connectivity index (χ1v) is 8.50. The number of rotatable bonds is 4. The molecule has 0 N–H and O–H groups in total. The fourth-order valence-corrected chi connectivity index (χ4v) is 2.42. The van der Waals surface area contributed by atoms with Crippen LogP contribution in [0.2, 0.25) is 13.1 Å². The SMILES string of the molecule is C[Si](C)(C=Cc1ccccc1)C(F)(F)OC(F)(F)F. The van der Waals surface area contributed by atoms with Crippen LogP contribution in [0.1, 0.15) is 5.56 Å². The Balaban J connectivity index is 2.88. The Morgan fingerprint density at radius 1 is 1.00 bits per heavy atom. The largest absolute Gasteiger partial charge is 0.526 e. The summed E-state index contributed by atoms with van der Waals surface area (Å²) in [7, 11) is -3.68. The molecule has 0 fully saturated rings. The molecular weight excluding hydrogens is 283 g/mol. The van der Waals surface area contributed by atoms with Gasteiger partial charge in [-0.2, -0.15) is 8.78 Å². The third-order valence-electron chi connectivity index (χ3n) is 2.49. The smallest absolute Gasteiger partial charge is 0.230 e. The molecule has 0 atom stereocenters. The van der Waals surface area contributed by atoms with Gasteiger partial charge in [-0.3, -0.25) is 0 Å². The third kappa shape index (κ3) is 4.75. The molecule has 0 amide bonds. The first kappa shape index (κ1) is 15.8. The number of halogens is 5. The van der Waals surface area contributed by atoms with Gasteiger partial charge in [0.15, 0.2) is 8.07 Å². The molecule has 19 heavy (non-hydrogen) atoms. The van der Waals surface area contributed by atoms with E-state index in [9.17, 15) is 22.0 Å². The van der Waals surface area contributed by atoms with Crippen LogP contribution in [0.3, 0.4) is 0 Å². The van der Waals surface area contributed by atoms with E-state index in [0.717, 1.165) is 18.8 Å². The molecule has 0 saturated carbocycles. The zero-order chi connectivity index (χ0) is 14.7. The summed E-state index contributed by atoms with van der Waals surface area (Å²) in [5.41, 5.74) is -2.43. The quantitative estimate of drug-likeness (QED) is 0.582. The van der Waals surface area contributed by atoms with E-state index in [0.29, 0.717) is 5.56 Å².